The van der Waals surface area contributed by atoms with Crippen molar-refractivity contribution < 1.29 is 22.8 Å². The van der Waals surface area contributed by atoms with Crippen molar-refractivity contribution in [2.75, 3.05) is 0 Å². The number of rotatable bonds is 3. The normalized spacial score (nSPS) is 16.8. The highest BCUT2D eigenvalue weighted by atomic mass is 19.4. The largest absolute Gasteiger partial charge is 0.416 e. The number of carbonyl (C=O) groups is 2. The van der Waals surface area contributed by atoms with Gasteiger partial charge in [0.15, 0.2) is 0 Å². The third-order valence-electron chi connectivity index (χ3n) is 3.19. The van der Waals surface area contributed by atoms with Gasteiger partial charge in [0.1, 0.15) is 0 Å². The molecule has 1 aliphatic rings. The van der Waals surface area contributed by atoms with Crippen molar-refractivity contribution in [3.63, 3.8) is 0 Å². The molecule has 1 N–H and O–H groups in total. The van der Waals surface area contributed by atoms with Gasteiger partial charge in [0.25, 0.3) is 5.91 Å². The minimum atomic E-state index is -4.38. The number of ketones is 1. The summed E-state index contributed by atoms with van der Waals surface area (Å²) in [7, 11) is 0. The molecular weight excluding hydrogens is 259 g/mol. The molecule has 2 rings (SSSR count). The van der Waals surface area contributed by atoms with Gasteiger partial charge >= 0.3 is 6.18 Å². The summed E-state index contributed by atoms with van der Waals surface area (Å²) in [5.74, 6) is -1.32. The van der Waals surface area contributed by atoms with Gasteiger partial charge in [-0.2, -0.15) is 13.2 Å². The van der Waals surface area contributed by atoms with Crippen LogP contribution in [0.2, 0.25) is 0 Å². The van der Waals surface area contributed by atoms with E-state index >= 15 is 0 Å². The number of benzene rings is 1. The summed E-state index contributed by atoms with van der Waals surface area (Å²) in [5.41, 5.74) is -0.813. The van der Waals surface area contributed by atoms with E-state index in [1.807, 2.05) is 0 Å². The lowest BCUT2D eigenvalue weighted by atomic mass is 10.0. The minimum Gasteiger partial charge on any atom is -0.340 e. The topological polar surface area (TPSA) is 46.2 Å². The van der Waals surface area contributed by atoms with Crippen molar-refractivity contribution in [3.05, 3.63) is 35.4 Å². The Morgan fingerprint density at radius 3 is 2.05 bits per heavy atom. The molecule has 1 saturated carbocycles. The highest BCUT2D eigenvalue weighted by Gasteiger charge is 2.46. The molecule has 0 heterocycles. The average molecular weight is 271 g/mol. The van der Waals surface area contributed by atoms with Crippen molar-refractivity contribution in [1.29, 1.82) is 0 Å². The number of halogens is 3. The van der Waals surface area contributed by atoms with E-state index in [9.17, 15) is 22.8 Å². The van der Waals surface area contributed by atoms with E-state index in [2.05, 4.69) is 5.32 Å². The number of nitrogens with one attached hydrogen (secondary N) is 1. The molecule has 1 fully saturated rings. The van der Waals surface area contributed by atoms with Crippen LogP contribution in [0.4, 0.5) is 13.2 Å². The molecule has 1 aromatic rings. The molecule has 0 saturated heterocycles. The number of Topliss-reactive ketones (excluding diaryl/α,β-unsaturated/α-hetero) is 1. The lowest BCUT2D eigenvalue weighted by Gasteiger charge is -2.17. The second kappa shape index (κ2) is 4.36. The zero-order valence-electron chi connectivity index (χ0n) is 10.2. The van der Waals surface area contributed by atoms with Crippen LogP contribution in [0.1, 0.15) is 30.9 Å². The van der Waals surface area contributed by atoms with E-state index in [4.69, 9.17) is 0 Å². The summed E-state index contributed by atoms with van der Waals surface area (Å²) >= 11 is 0. The van der Waals surface area contributed by atoms with Gasteiger partial charge in [0.05, 0.1) is 11.1 Å². The number of hydrogen-bond acceptors (Lipinski definition) is 2. The fourth-order valence-corrected chi connectivity index (χ4v) is 1.89. The molecule has 0 aromatic heterocycles. The second-order valence-corrected chi connectivity index (χ2v) is 4.67. The van der Waals surface area contributed by atoms with E-state index in [0.29, 0.717) is 18.4 Å². The molecule has 0 radical (unpaired) electrons. The molecule has 1 amide bonds. The van der Waals surface area contributed by atoms with E-state index in [-0.39, 0.29) is 0 Å². The van der Waals surface area contributed by atoms with Crippen LogP contribution < -0.4 is 5.32 Å². The highest BCUT2D eigenvalue weighted by molar-refractivity contribution is 6.35. The molecule has 3 nitrogen and oxygen atoms in total. The second-order valence-electron chi connectivity index (χ2n) is 4.67. The standard InChI is InChI=1S/C13H12F3NO2/c1-8(18)11(19)17-12(6-7-12)9-2-4-10(5-3-9)13(14,15)16/h2-5H,6-7H2,1H3,(H,17,19). The lowest BCUT2D eigenvalue weighted by Crippen LogP contribution is -2.38. The summed E-state index contributed by atoms with van der Waals surface area (Å²) in [6, 6.07) is 4.65. The zero-order chi connectivity index (χ0) is 14.3. The van der Waals surface area contributed by atoms with Crippen LogP contribution in [0.15, 0.2) is 24.3 Å². The van der Waals surface area contributed by atoms with Crippen LogP contribution in [0.25, 0.3) is 0 Å². The molecule has 0 aliphatic heterocycles. The first-order valence-corrected chi connectivity index (χ1v) is 5.75. The van der Waals surface area contributed by atoms with Gasteiger partial charge in [-0.3, -0.25) is 9.59 Å². The van der Waals surface area contributed by atoms with Crippen LogP contribution >= 0.6 is 0 Å². The minimum absolute atomic E-state index is 0.593. The van der Waals surface area contributed by atoms with Crippen LogP contribution in [0, 0.1) is 0 Å². The highest BCUT2D eigenvalue weighted by Crippen LogP contribution is 2.46. The van der Waals surface area contributed by atoms with Gasteiger partial charge in [0.2, 0.25) is 5.78 Å². The van der Waals surface area contributed by atoms with Crippen LogP contribution in [0.3, 0.4) is 0 Å². The van der Waals surface area contributed by atoms with Gasteiger partial charge in [-0.25, -0.2) is 0 Å². The van der Waals surface area contributed by atoms with Gasteiger partial charge in [0, 0.05) is 6.92 Å². The summed E-state index contributed by atoms with van der Waals surface area (Å²) in [5, 5.41) is 2.57. The van der Waals surface area contributed by atoms with E-state index in [0.717, 1.165) is 19.1 Å². The summed E-state index contributed by atoms with van der Waals surface area (Å²) in [6.07, 6.45) is -3.13. The fourth-order valence-electron chi connectivity index (χ4n) is 1.89. The fraction of sp³-hybridized carbons (Fsp3) is 0.385. The predicted octanol–water partition coefficient (Wildman–Crippen LogP) is 2.40. The molecule has 1 aliphatic carbocycles. The van der Waals surface area contributed by atoms with Crippen LogP contribution in [0.5, 0.6) is 0 Å². The number of amides is 1. The third-order valence-corrected chi connectivity index (χ3v) is 3.19. The van der Waals surface area contributed by atoms with Crippen molar-refractivity contribution in [2.45, 2.75) is 31.5 Å². The van der Waals surface area contributed by atoms with E-state index < -0.39 is 29.0 Å². The predicted molar refractivity (Wildman–Crippen MR) is 61.2 cm³/mol. The van der Waals surface area contributed by atoms with Gasteiger partial charge in [-0.05, 0) is 30.5 Å². The summed E-state index contributed by atoms with van der Waals surface area (Å²) < 4.78 is 37.3. The van der Waals surface area contributed by atoms with Crippen LogP contribution in [-0.4, -0.2) is 11.7 Å². The van der Waals surface area contributed by atoms with Gasteiger partial charge in [-0.15, -0.1) is 0 Å². The molecule has 0 bridgehead atoms. The number of hydrogen-bond donors (Lipinski definition) is 1. The average Bonchev–Trinajstić information content (AvgIpc) is 3.09. The third kappa shape index (κ3) is 2.77. The van der Waals surface area contributed by atoms with Gasteiger partial charge < -0.3 is 5.32 Å². The Balaban J connectivity index is 2.18. The summed E-state index contributed by atoms with van der Waals surface area (Å²) in [6.45, 7) is 1.15. The number of alkyl halides is 3. The quantitative estimate of drug-likeness (QED) is 0.858. The Morgan fingerprint density at radius 2 is 1.68 bits per heavy atom. The first-order chi connectivity index (χ1) is 8.74. The van der Waals surface area contributed by atoms with Crippen LogP contribution in [-0.2, 0) is 21.3 Å². The van der Waals surface area contributed by atoms with Crippen molar-refractivity contribution in [3.8, 4) is 0 Å². The Morgan fingerprint density at radius 1 is 1.16 bits per heavy atom. The van der Waals surface area contributed by atoms with Crippen molar-refractivity contribution in [1.82, 2.24) is 5.32 Å². The molecular formula is C13H12F3NO2. The van der Waals surface area contributed by atoms with Crippen molar-refractivity contribution >= 4 is 11.7 Å². The van der Waals surface area contributed by atoms with Crippen molar-refractivity contribution in [2.24, 2.45) is 0 Å². The maximum Gasteiger partial charge on any atom is 0.416 e. The Hall–Kier alpha value is -1.85. The molecule has 0 spiro atoms. The molecule has 0 unspecified atom stereocenters. The molecule has 102 valence electrons. The molecule has 19 heavy (non-hydrogen) atoms. The first kappa shape index (κ1) is 13.6. The monoisotopic (exact) mass is 271 g/mol. The Labute approximate surface area is 107 Å². The van der Waals surface area contributed by atoms with Gasteiger partial charge in [-0.1, -0.05) is 12.1 Å². The zero-order valence-corrected chi connectivity index (χ0v) is 10.2. The maximum absolute atomic E-state index is 12.4. The molecule has 6 heteroatoms. The van der Waals surface area contributed by atoms with E-state index in [1.165, 1.54) is 12.1 Å². The Kier molecular flexibility index (Phi) is 3.12. The Bertz CT molecular complexity index is 516. The number of carbonyl (C=O) groups excluding carboxylic acids is 2. The van der Waals surface area contributed by atoms with E-state index in [1.54, 1.807) is 0 Å². The smallest absolute Gasteiger partial charge is 0.340 e. The lowest BCUT2D eigenvalue weighted by molar-refractivity contribution is -0.137. The molecule has 0 atom stereocenters. The maximum atomic E-state index is 12.4. The first-order valence-electron chi connectivity index (χ1n) is 5.75. The summed E-state index contributed by atoms with van der Waals surface area (Å²) in [4.78, 5) is 22.3. The SMILES string of the molecule is CC(=O)C(=O)NC1(c2ccc(C(F)(F)F)cc2)CC1. The molecule has 1 aromatic carbocycles.